The van der Waals surface area contributed by atoms with Crippen molar-refractivity contribution in [2.24, 2.45) is 34.8 Å². The molecule has 6 rings (SSSR count). The normalized spacial score (nSPS) is 27.6. The molecule has 46 heavy (non-hydrogen) atoms. The van der Waals surface area contributed by atoms with Crippen LogP contribution >= 0.6 is 0 Å². The number of phenolic OH excluding ortho intramolecular Hbond substituents is 1. The molecular formula is C38H49N3O5. The summed E-state index contributed by atoms with van der Waals surface area (Å²) in [6.45, 7) is 9.03. The van der Waals surface area contributed by atoms with Crippen molar-refractivity contribution in [3.05, 3.63) is 75.8 Å². The zero-order valence-corrected chi connectivity index (χ0v) is 27.8. The number of carbonyl (C=O) groups is 2. The molecule has 5 atom stereocenters. The van der Waals surface area contributed by atoms with Gasteiger partial charge in [-0.2, -0.15) is 0 Å². The van der Waals surface area contributed by atoms with Crippen LogP contribution in [0.3, 0.4) is 0 Å². The molecule has 2 aromatic rings. The molecule has 1 amide bonds. The molecule has 0 spiro atoms. The second kappa shape index (κ2) is 12.2. The van der Waals surface area contributed by atoms with Crippen molar-refractivity contribution in [3.8, 4) is 16.9 Å². The number of fused-ring (bicyclic) bond motifs is 3. The Morgan fingerprint density at radius 1 is 1.07 bits per heavy atom. The smallest absolute Gasteiger partial charge is 0.248 e. The molecule has 3 unspecified atom stereocenters. The zero-order chi connectivity index (χ0) is 33.1. The highest BCUT2D eigenvalue weighted by molar-refractivity contribution is 6.14. The van der Waals surface area contributed by atoms with Crippen LogP contribution in [0, 0.1) is 29.1 Å². The molecule has 1 fully saturated rings. The minimum absolute atomic E-state index is 0.0437. The Labute approximate surface area is 272 Å². The number of hydrogen-bond donors (Lipinski definition) is 4. The second-order valence-corrected chi connectivity index (χ2v) is 14.6. The van der Waals surface area contributed by atoms with Crippen molar-refractivity contribution in [1.82, 2.24) is 9.80 Å². The number of allylic oxidation sites excluding steroid dienone is 2. The van der Waals surface area contributed by atoms with Crippen LogP contribution in [0.5, 0.6) is 5.75 Å². The number of aromatic hydroxyl groups is 1. The number of aliphatic hydroxyl groups is 2. The van der Waals surface area contributed by atoms with Crippen LogP contribution in [0.15, 0.2) is 59.1 Å². The van der Waals surface area contributed by atoms with Crippen molar-refractivity contribution < 1.29 is 24.9 Å². The Bertz CT molecular complexity index is 1620. The lowest BCUT2D eigenvalue weighted by Gasteiger charge is -2.54. The number of phenols is 1. The Balaban J connectivity index is 1.42. The van der Waals surface area contributed by atoms with Crippen molar-refractivity contribution in [1.29, 1.82) is 0 Å². The highest BCUT2D eigenvalue weighted by Gasteiger charge is 2.58. The van der Waals surface area contributed by atoms with Crippen molar-refractivity contribution in [2.45, 2.75) is 71.9 Å². The van der Waals surface area contributed by atoms with E-state index in [1.54, 1.807) is 6.07 Å². The third-order valence-corrected chi connectivity index (χ3v) is 11.3. The number of carbonyl (C=O) groups excluding carboxylic acids is 2. The van der Waals surface area contributed by atoms with Crippen molar-refractivity contribution in [2.75, 3.05) is 27.2 Å². The Hall–Kier alpha value is -3.62. The predicted molar refractivity (Wildman–Crippen MR) is 179 cm³/mol. The molecule has 4 aliphatic rings. The quantitative estimate of drug-likeness (QED) is 0.249. The monoisotopic (exact) mass is 627 g/mol. The summed E-state index contributed by atoms with van der Waals surface area (Å²) in [7, 11) is 3.69. The van der Waals surface area contributed by atoms with Crippen LogP contribution in [-0.4, -0.2) is 70.0 Å². The fourth-order valence-corrected chi connectivity index (χ4v) is 9.03. The topological polar surface area (TPSA) is 127 Å². The number of amides is 1. The molecule has 0 aliphatic heterocycles. The van der Waals surface area contributed by atoms with Crippen LogP contribution in [0.2, 0.25) is 0 Å². The number of rotatable bonds is 10. The summed E-state index contributed by atoms with van der Waals surface area (Å²) in [6, 6.07) is 11.4. The van der Waals surface area contributed by atoms with Gasteiger partial charge in [-0.1, -0.05) is 45.0 Å². The van der Waals surface area contributed by atoms with E-state index in [1.807, 2.05) is 38.9 Å². The first-order valence-corrected chi connectivity index (χ1v) is 16.9. The maximum Gasteiger partial charge on any atom is 0.248 e. The summed E-state index contributed by atoms with van der Waals surface area (Å²) in [6.07, 6.45) is 5.18. The molecule has 0 bridgehead atoms. The molecule has 5 N–H and O–H groups in total. The van der Waals surface area contributed by atoms with Gasteiger partial charge in [0, 0.05) is 30.0 Å². The number of nitrogens with two attached hydrogens (primary N) is 1. The van der Waals surface area contributed by atoms with E-state index < -0.39 is 23.3 Å². The van der Waals surface area contributed by atoms with E-state index in [0.717, 1.165) is 48.7 Å². The van der Waals surface area contributed by atoms with Gasteiger partial charge in [0.1, 0.15) is 17.3 Å². The molecule has 1 saturated carbocycles. The van der Waals surface area contributed by atoms with Gasteiger partial charge in [-0.25, -0.2) is 0 Å². The lowest BCUT2D eigenvalue weighted by atomic mass is 9.52. The summed E-state index contributed by atoms with van der Waals surface area (Å²) in [5.41, 5.74) is 9.48. The van der Waals surface area contributed by atoms with Gasteiger partial charge < -0.3 is 21.1 Å². The van der Waals surface area contributed by atoms with Gasteiger partial charge in [0.15, 0.2) is 5.78 Å². The average molecular weight is 628 g/mol. The average Bonchev–Trinajstić information content (AvgIpc) is 3.80. The van der Waals surface area contributed by atoms with Crippen molar-refractivity contribution in [3.63, 3.8) is 0 Å². The molecular weight excluding hydrogens is 578 g/mol. The summed E-state index contributed by atoms with van der Waals surface area (Å²) in [5, 5.41) is 34.7. The Kier molecular flexibility index (Phi) is 8.57. The molecule has 2 aromatic carbocycles. The number of nitrogens with zero attached hydrogens (tertiary/aromatic N) is 2. The maximum absolute atomic E-state index is 14.4. The third-order valence-electron chi connectivity index (χ3n) is 11.3. The van der Waals surface area contributed by atoms with E-state index >= 15 is 0 Å². The minimum atomic E-state index is -0.967. The highest BCUT2D eigenvalue weighted by atomic mass is 16.3. The van der Waals surface area contributed by atoms with E-state index in [0.29, 0.717) is 24.8 Å². The fraction of sp³-hybridized carbons (Fsp3) is 0.526. The van der Waals surface area contributed by atoms with E-state index in [4.69, 9.17) is 5.73 Å². The predicted octanol–water partition coefficient (Wildman–Crippen LogP) is 6.14. The largest absolute Gasteiger partial charge is 0.512 e. The van der Waals surface area contributed by atoms with Gasteiger partial charge in [-0.15, -0.1) is 0 Å². The summed E-state index contributed by atoms with van der Waals surface area (Å²) < 4.78 is 0. The Morgan fingerprint density at radius 2 is 1.80 bits per heavy atom. The van der Waals surface area contributed by atoms with E-state index in [1.165, 1.54) is 18.4 Å². The van der Waals surface area contributed by atoms with Gasteiger partial charge >= 0.3 is 0 Å². The number of hydrogen-bond acceptors (Lipinski definition) is 7. The maximum atomic E-state index is 14.4. The summed E-state index contributed by atoms with van der Waals surface area (Å²) in [4.78, 5) is 31.6. The number of likely N-dealkylation sites (N-methyl/N-ethyl adjacent to an activating group) is 1. The van der Waals surface area contributed by atoms with Crippen LogP contribution in [-0.2, 0) is 17.8 Å². The second-order valence-electron chi connectivity index (χ2n) is 14.6. The van der Waals surface area contributed by atoms with Gasteiger partial charge in [0.25, 0.3) is 0 Å². The first kappa shape index (κ1) is 32.3. The van der Waals surface area contributed by atoms with Gasteiger partial charge in [0.2, 0.25) is 5.91 Å². The van der Waals surface area contributed by atoms with Gasteiger partial charge in [-0.05, 0) is 111 Å². The minimum Gasteiger partial charge on any atom is -0.512 e. The molecule has 4 aliphatic carbocycles. The number of aliphatic hydroxyl groups excluding tert-OH is 2. The van der Waals surface area contributed by atoms with Crippen molar-refractivity contribution >= 4 is 11.7 Å². The van der Waals surface area contributed by atoms with E-state index in [9.17, 15) is 24.9 Å². The third kappa shape index (κ3) is 5.33. The lowest BCUT2D eigenvalue weighted by Crippen LogP contribution is -2.56. The van der Waals surface area contributed by atoms with E-state index in [2.05, 4.69) is 36.1 Å². The number of primary amides is 1. The highest BCUT2D eigenvalue weighted by Crippen LogP contribution is 2.59. The van der Waals surface area contributed by atoms with Gasteiger partial charge in [0.05, 0.1) is 17.2 Å². The molecule has 8 heteroatoms. The number of Topliss-reactive ketones (excluding diaryl/α,β-unsaturated/α-hetero) is 1. The zero-order valence-electron chi connectivity index (χ0n) is 27.8. The molecule has 0 saturated heterocycles. The van der Waals surface area contributed by atoms with Crippen LogP contribution < -0.4 is 5.73 Å². The summed E-state index contributed by atoms with van der Waals surface area (Å²) in [5.74, 6) is -1.62. The molecule has 246 valence electrons. The van der Waals surface area contributed by atoms with Crippen LogP contribution in [0.25, 0.3) is 11.1 Å². The molecule has 0 aromatic heterocycles. The Morgan fingerprint density at radius 3 is 2.43 bits per heavy atom. The lowest BCUT2D eigenvalue weighted by molar-refractivity contribution is -0.117. The number of ketones is 1. The molecule has 0 heterocycles. The first-order chi connectivity index (χ1) is 21.9. The van der Waals surface area contributed by atoms with Crippen LogP contribution in [0.1, 0.15) is 74.4 Å². The molecule has 0 radical (unpaired) electrons. The number of benzene rings is 2. The summed E-state index contributed by atoms with van der Waals surface area (Å²) >= 11 is 0. The molecule has 8 nitrogen and oxygen atoms in total. The SMILES string of the molecule is CCCN(Cc1cccc(-c2ccc(O)c3c2CC2CC4C(C(O)=C2C3=O)[C@](C)(CC)C(C(N)=O)=C(O)[C@H]4N(C)C)c1)CC1CC1. The van der Waals surface area contributed by atoms with Crippen LogP contribution in [0.4, 0.5) is 0 Å². The fourth-order valence-electron chi connectivity index (χ4n) is 9.03. The van der Waals surface area contributed by atoms with Gasteiger partial charge in [-0.3, -0.25) is 19.4 Å². The van der Waals surface area contributed by atoms with E-state index in [-0.39, 0.29) is 46.0 Å². The standard InChI is InChI=1S/C38H49N3O5/c1-6-15-41(19-21-11-12-21)20-22-9-8-10-23(16-22)25-13-14-28(42)30-26(25)17-24-18-27-31(35(44)29(24)34(30)43)38(3,7-2)32(37(39)46)36(45)33(27)40(4)5/h8-10,13-14,16,21,24,27,31,33,42,44-45H,6-7,11-12,15,17-20H2,1-5H3,(H2,39,46)/t24?,27?,31?,33-,38-/m0/s1. The first-order valence-electron chi connectivity index (χ1n) is 16.9.